The zero-order valence-electron chi connectivity index (χ0n) is 12.4. The highest BCUT2D eigenvalue weighted by Crippen LogP contribution is 2.28. The number of ether oxygens (including phenoxy) is 1. The summed E-state index contributed by atoms with van der Waals surface area (Å²) >= 11 is 0. The molecule has 0 aromatic heterocycles. The molecule has 4 heteroatoms. The first kappa shape index (κ1) is 15.0. The minimum absolute atomic E-state index is 0.0996. The van der Waals surface area contributed by atoms with Crippen LogP contribution in [0.15, 0.2) is 12.1 Å². The minimum atomic E-state index is -0.322. The third kappa shape index (κ3) is 3.18. The van der Waals surface area contributed by atoms with Crippen LogP contribution in [-0.2, 0) is 4.74 Å². The van der Waals surface area contributed by atoms with Gasteiger partial charge in [0.05, 0.1) is 6.10 Å². The quantitative estimate of drug-likeness (QED) is 0.792. The predicted octanol–water partition coefficient (Wildman–Crippen LogP) is 3.34. The Bertz CT molecular complexity index is 499. The van der Waals surface area contributed by atoms with Gasteiger partial charge in [0.15, 0.2) is 5.78 Å². The molecule has 1 aliphatic heterocycles. The third-order valence-electron chi connectivity index (χ3n) is 3.78. The largest absolute Gasteiger partial charge is 0.377 e. The number of hydrogen-bond acceptors (Lipinski definition) is 3. The van der Waals surface area contributed by atoms with Crippen LogP contribution in [0.5, 0.6) is 0 Å². The Morgan fingerprint density at radius 2 is 2.25 bits per heavy atom. The van der Waals surface area contributed by atoms with E-state index >= 15 is 0 Å². The van der Waals surface area contributed by atoms with Crippen molar-refractivity contribution in [2.24, 2.45) is 0 Å². The van der Waals surface area contributed by atoms with E-state index < -0.39 is 0 Å². The number of hydrogen-bond donors (Lipinski definition) is 0. The first-order chi connectivity index (χ1) is 9.52. The van der Waals surface area contributed by atoms with Gasteiger partial charge in [-0.1, -0.05) is 0 Å². The maximum absolute atomic E-state index is 13.7. The van der Waals surface area contributed by atoms with Crippen LogP contribution in [0.2, 0.25) is 0 Å². The summed E-state index contributed by atoms with van der Waals surface area (Å²) in [6, 6.07) is 3.14. The van der Waals surface area contributed by atoms with E-state index in [4.69, 9.17) is 4.74 Å². The number of Topliss-reactive ketones (excluding diaryl/α,β-unsaturated/α-hetero) is 1. The molecule has 0 N–H and O–H groups in total. The van der Waals surface area contributed by atoms with Gasteiger partial charge in [-0.25, -0.2) is 4.39 Å². The van der Waals surface area contributed by atoms with Gasteiger partial charge in [-0.3, -0.25) is 4.79 Å². The van der Waals surface area contributed by atoms with Gasteiger partial charge in [0.2, 0.25) is 0 Å². The second-order valence-electron chi connectivity index (χ2n) is 5.34. The van der Waals surface area contributed by atoms with E-state index in [1.165, 1.54) is 13.0 Å². The maximum atomic E-state index is 13.7. The Balaban J connectivity index is 2.31. The maximum Gasteiger partial charge on any atom is 0.161 e. The summed E-state index contributed by atoms with van der Waals surface area (Å²) in [6.07, 6.45) is 2.26. The first-order valence-electron chi connectivity index (χ1n) is 7.20. The number of piperidine rings is 1. The summed E-state index contributed by atoms with van der Waals surface area (Å²) in [4.78, 5) is 13.9. The SMILES string of the molecule is CCOC1CCCN(c2cc(C)c(F)cc2C(C)=O)C1. The number of nitrogens with zero attached hydrogens (tertiary/aromatic N) is 1. The third-order valence-corrected chi connectivity index (χ3v) is 3.78. The van der Waals surface area contributed by atoms with Crippen molar-refractivity contribution < 1.29 is 13.9 Å². The Morgan fingerprint density at radius 1 is 1.50 bits per heavy atom. The van der Waals surface area contributed by atoms with E-state index in [0.717, 1.165) is 31.6 Å². The van der Waals surface area contributed by atoms with Crippen molar-refractivity contribution in [1.29, 1.82) is 0 Å². The van der Waals surface area contributed by atoms with E-state index in [1.807, 2.05) is 6.92 Å². The second kappa shape index (κ2) is 6.35. The number of benzene rings is 1. The fourth-order valence-corrected chi connectivity index (χ4v) is 2.74. The Labute approximate surface area is 119 Å². The van der Waals surface area contributed by atoms with Crippen molar-refractivity contribution >= 4 is 11.5 Å². The molecule has 1 fully saturated rings. The summed E-state index contributed by atoms with van der Waals surface area (Å²) in [6.45, 7) is 7.54. The van der Waals surface area contributed by atoms with Gasteiger partial charge in [0, 0.05) is 30.9 Å². The number of carbonyl (C=O) groups excluding carboxylic acids is 1. The Morgan fingerprint density at radius 3 is 2.90 bits per heavy atom. The normalized spacial score (nSPS) is 19.2. The number of carbonyl (C=O) groups is 1. The Kier molecular flexibility index (Phi) is 4.76. The van der Waals surface area contributed by atoms with Gasteiger partial charge >= 0.3 is 0 Å². The summed E-state index contributed by atoms with van der Waals surface area (Å²) in [5, 5.41) is 0. The predicted molar refractivity (Wildman–Crippen MR) is 78.0 cm³/mol. The van der Waals surface area contributed by atoms with Crippen molar-refractivity contribution in [3.63, 3.8) is 0 Å². The molecule has 110 valence electrons. The summed E-state index contributed by atoms with van der Waals surface area (Å²) in [5.41, 5.74) is 1.87. The van der Waals surface area contributed by atoms with Crippen molar-refractivity contribution in [3.8, 4) is 0 Å². The molecular formula is C16H22FNO2. The molecule has 1 saturated heterocycles. The molecule has 1 heterocycles. The lowest BCUT2D eigenvalue weighted by molar-refractivity contribution is 0.0526. The second-order valence-corrected chi connectivity index (χ2v) is 5.34. The van der Waals surface area contributed by atoms with Crippen molar-refractivity contribution in [1.82, 2.24) is 0 Å². The summed E-state index contributed by atoms with van der Waals surface area (Å²) in [7, 11) is 0. The molecule has 1 aromatic rings. The topological polar surface area (TPSA) is 29.5 Å². The van der Waals surface area contributed by atoms with Gasteiger partial charge in [-0.2, -0.15) is 0 Å². The van der Waals surface area contributed by atoms with Gasteiger partial charge < -0.3 is 9.64 Å². The lowest BCUT2D eigenvalue weighted by Crippen LogP contribution is -2.40. The van der Waals surface area contributed by atoms with Crippen LogP contribution in [0, 0.1) is 12.7 Å². The molecule has 0 spiro atoms. The highest BCUT2D eigenvalue weighted by atomic mass is 19.1. The number of halogens is 1. The number of aryl methyl sites for hydroxylation is 1. The van der Waals surface area contributed by atoms with Crippen LogP contribution in [0.3, 0.4) is 0 Å². The van der Waals surface area contributed by atoms with Crippen molar-refractivity contribution in [2.45, 2.75) is 39.7 Å². The van der Waals surface area contributed by atoms with Crippen LogP contribution in [0.4, 0.5) is 10.1 Å². The van der Waals surface area contributed by atoms with Gasteiger partial charge in [-0.05, 0) is 51.3 Å². The van der Waals surface area contributed by atoms with Crippen LogP contribution in [0.25, 0.3) is 0 Å². The molecule has 1 aromatic carbocycles. The average Bonchev–Trinajstić information content (AvgIpc) is 2.42. The number of ketones is 1. The molecule has 0 radical (unpaired) electrons. The summed E-state index contributed by atoms with van der Waals surface area (Å²) < 4.78 is 19.4. The van der Waals surface area contributed by atoms with Crippen LogP contribution in [-0.4, -0.2) is 31.6 Å². The molecule has 1 aliphatic rings. The molecule has 0 aliphatic carbocycles. The molecule has 2 rings (SSSR count). The zero-order chi connectivity index (χ0) is 14.7. The van der Waals surface area contributed by atoms with Gasteiger partial charge in [0.1, 0.15) is 5.82 Å². The van der Waals surface area contributed by atoms with Crippen molar-refractivity contribution in [3.05, 3.63) is 29.1 Å². The van der Waals surface area contributed by atoms with Crippen LogP contribution >= 0.6 is 0 Å². The van der Waals surface area contributed by atoms with E-state index in [1.54, 1.807) is 13.0 Å². The fraction of sp³-hybridized carbons (Fsp3) is 0.562. The molecule has 1 unspecified atom stereocenters. The van der Waals surface area contributed by atoms with E-state index in [-0.39, 0.29) is 17.7 Å². The lowest BCUT2D eigenvalue weighted by atomic mass is 10.0. The number of anilines is 1. The van der Waals surface area contributed by atoms with Crippen LogP contribution in [0.1, 0.15) is 42.6 Å². The standard InChI is InChI=1S/C16H22FNO2/c1-4-20-13-6-5-7-18(10-13)16-8-11(2)15(17)9-14(16)12(3)19/h8-9,13H,4-7,10H2,1-3H3. The van der Waals surface area contributed by atoms with Crippen molar-refractivity contribution in [2.75, 3.05) is 24.6 Å². The molecule has 3 nitrogen and oxygen atoms in total. The molecule has 0 amide bonds. The molecule has 0 saturated carbocycles. The van der Waals surface area contributed by atoms with E-state index in [9.17, 15) is 9.18 Å². The monoisotopic (exact) mass is 279 g/mol. The highest BCUT2D eigenvalue weighted by Gasteiger charge is 2.23. The minimum Gasteiger partial charge on any atom is -0.377 e. The molecular weight excluding hydrogens is 257 g/mol. The van der Waals surface area contributed by atoms with E-state index in [0.29, 0.717) is 17.7 Å². The zero-order valence-corrected chi connectivity index (χ0v) is 12.4. The Hall–Kier alpha value is -1.42. The smallest absolute Gasteiger partial charge is 0.161 e. The molecule has 20 heavy (non-hydrogen) atoms. The average molecular weight is 279 g/mol. The first-order valence-corrected chi connectivity index (χ1v) is 7.20. The van der Waals surface area contributed by atoms with Crippen LogP contribution < -0.4 is 4.90 Å². The lowest BCUT2D eigenvalue weighted by Gasteiger charge is -2.35. The summed E-state index contributed by atoms with van der Waals surface area (Å²) in [5.74, 6) is -0.422. The molecule has 1 atom stereocenters. The van der Waals surface area contributed by atoms with Gasteiger partial charge in [0.25, 0.3) is 0 Å². The molecule has 0 bridgehead atoms. The highest BCUT2D eigenvalue weighted by molar-refractivity contribution is 6.00. The van der Waals surface area contributed by atoms with Gasteiger partial charge in [-0.15, -0.1) is 0 Å². The fourth-order valence-electron chi connectivity index (χ4n) is 2.74. The number of rotatable bonds is 4. The van der Waals surface area contributed by atoms with E-state index in [2.05, 4.69) is 4.90 Å².